The minimum absolute atomic E-state index is 0.00321. The summed E-state index contributed by atoms with van der Waals surface area (Å²) in [7, 11) is 2.70. The number of benzene rings is 3. The van der Waals surface area contributed by atoms with E-state index in [-0.39, 0.29) is 53.9 Å². The van der Waals surface area contributed by atoms with Crippen LogP contribution in [0.4, 0.5) is 4.39 Å². The lowest BCUT2D eigenvalue weighted by atomic mass is 9.91. The summed E-state index contributed by atoms with van der Waals surface area (Å²) in [5.41, 5.74) is 7.77. The van der Waals surface area contributed by atoms with Crippen LogP contribution in [-0.4, -0.2) is 182 Å². The number of aliphatic hydroxyl groups is 1. The van der Waals surface area contributed by atoms with Crippen molar-refractivity contribution in [3.05, 3.63) is 118 Å². The molecule has 87 heavy (non-hydrogen) atoms. The van der Waals surface area contributed by atoms with Gasteiger partial charge in [-0.3, -0.25) is 29.4 Å². The normalized spacial score (nSPS) is 23.2. The van der Waals surface area contributed by atoms with Crippen LogP contribution in [0.25, 0.3) is 27.3 Å². The summed E-state index contributed by atoms with van der Waals surface area (Å²) < 4.78 is 35.8. The van der Waals surface area contributed by atoms with Gasteiger partial charge in [-0.15, -0.1) is 11.3 Å². The van der Waals surface area contributed by atoms with E-state index in [0.717, 1.165) is 145 Å². The largest absolute Gasteiger partial charge is 0.469 e. The molecule has 20 heteroatoms. The Bertz CT molecular complexity index is 3190. The molecular formula is C67H90FN11O7S. The van der Waals surface area contributed by atoms with Crippen molar-refractivity contribution in [2.24, 2.45) is 20.9 Å². The van der Waals surface area contributed by atoms with Crippen LogP contribution >= 0.6 is 11.3 Å². The maximum Gasteiger partial charge on any atom is 0.254 e. The second kappa shape index (κ2) is 31.4. The van der Waals surface area contributed by atoms with Crippen LogP contribution in [-0.2, 0) is 25.5 Å². The van der Waals surface area contributed by atoms with E-state index < -0.39 is 5.83 Å². The lowest BCUT2D eigenvalue weighted by Gasteiger charge is -2.42. The lowest BCUT2D eigenvalue weighted by molar-refractivity contribution is -0.135. The molecule has 0 radical (unpaired) electrons. The number of piperazine rings is 1. The zero-order valence-electron chi connectivity index (χ0n) is 52.1. The molecule has 0 aliphatic carbocycles. The highest BCUT2D eigenvalue weighted by atomic mass is 32.1. The van der Waals surface area contributed by atoms with Crippen molar-refractivity contribution in [1.29, 1.82) is 0 Å². The van der Waals surface area contributed by atoms with E-state index in [1.807, 2.05) is 61.4 Å². The Morgan fingerprint density at radius 3 is 2.38 bits per heavy atom. The monoisotopic (exact) mass is 1210 g/mol. The number of carbonyl (C=O) groups is 3. The number of carbonyl (C=O) groups excluding carboxylic acids is 3. The van der Waals surface area contributed by atoms with Crippen molar-refractivity contribution in [3.63, 3.8) is 0 Å². The molecule has 2 aromatic heterocycles. The fraction of sp³-hybridized carbons (Fsp3) is 0.522. The molecule has 6 saturated heterocycles. The highest BCUT2D eigenvalue weighted by Gasteiger charge is 2.50. The fourth-order valence-corrected chi connectivity index (χ4v) is 14.6. The van der Waals surface area contributed by atoms with Gasteiger partial charge in [0.1, 0.15) is 42.9 Å². The maximum absolute atomic E-state index is 17.2. The molecule has 6 aliphatic rings. The molecule has 2 amide bonds. The van der Waals surface area contributed by atoms with Gasteiger partial charge in [0.05, 0.1) is 34.3 Å². The molecule has 8 heterocycles. The Kier molecular flexibility index (Phi) is 23.9. The van der Waals surface area contributed by atoms with E-state index in [1.54, 1.807) is 30.7 Å². The van der Waals surface area contributed by atoms with Gasteiger partial charge >= 0.3 is 0 Å². The Morgan fingerprint density at radius 2 is 1.74 bits per heavy atom. The molecule has 7 unspecified atom stereocenters. The average Bonchev–Trinajstić information content (AvgIpc) is 2.04. The number of hydrogen-bond donors (Lipinski definition) is 3. The van der Waals surface area contributed by atoms with Crippen molar-refractivity contribution >= 4 is 65.9 Å². The van der Waals surface area contributed by atoms with Gasteiger partial charge in [-0.25, -0.2) is 14.4 Å². The van der Waals surface area contributed by atoms with Crippen LogP contribution < -0.4 is 15.4 Å². The van der Waals surface area contributed by atoms with Gasteiger partial charge in [0.2, 0.25) is 12.3 Å². The third-order valence-corrected chi connectivity index (χ3v) is 19.0. The number of allylic oxidation sites excluding steroid dienone is 2. The van der Waals surface area contributed by atoms with Crippen molar-refractivity contribution in [2.75, 3.05) is 73.3 Å². The number of aliphatic hydroxyl groups excluding tert-OH is 1. The molecular weight excluding hydrogens is 1120 g/mol. The van der Waals surface area contributed by atoms with Crippen LogP contribution in [0.5, 0.6) is 5.88 Å². The quantitative estimate of drug-likeness (QED) is 0.0336. The first-order valence-corrected chi connectivity index (χ1v) is 31.7. The van der Waals surface area contributed by atoms with E-state index in [9.17, 15) is 9.59 Å². The van der Waals surface area contributed by atoms with E-state index in [0.29, 0.717) is 47.8 Å². The van der Waals surface area contributed by atoms with Gasteiger partial charge in [-0.2, -0.15) is 0 Å². The van der Waals surface area contributed by atoms with Crippen LogP contribution in [0, 0.1) is 12.8 Å². The van der Waals surface area contributed by atoms with Gasteiger partial charge < -0.3 is 44.3 Å². The van der Waals surface area contributed by atoms with Crippen LogP contribution in [0.15, 0.2) is 109 Å². The number of aryl methyl sites for hydroxylation is 2. The molecule has 5 aromatic rings. The molecule has 2 bridgehead atoms. The molecule has 0 saturated carbocycles. The van der Waals surface area contributed by atoms with Crippen LogP contribution in [0.1, 0.15) is 126 Å². The first-order valence-electron chi connectivity index (χ1n) is 30.8. The Labute approximate surface area is 517 Å². The smallest absolute Gasteiger partial charge is 0.254 e. The second-order valence-electron chi connectivity index (χ2n) is 23.9. The zero-order valence-corrected chi connectivity index (χ0v) is 52.9. The number of rotatable bonds is 22. The Balaban J connectivity index is 0.000000397. The summed E-state index contributed by atoms with van der Waals surface area (Å²) in [6, 6.07) is 23.7. The highest BCUT2D eigenvalue weighted by molar-refractivity contribution is 7.13. The molecule has 468 valence electrons. The average molecular weight is 1210 g/mol. The predicted molar refractivity (Wildman–Crippen MR) is 345 cm³/mol. The number of fused-ring (bicyclic) bond motifs is 4. The van der Waals surface area contributed by atoms with Gasteiger partial charge in [0.25, 0.3) is 5.88 Å². The van der Waals surface area contributed by atoms with Gasteiger partial charge in [0.15, 0.2) is 5.76 Å². The van der Waals surface area contributed by atoms with Crippen LogP contribution in [0.2, 0.25) is 0 Å². The SMILES string of the molecule is C=N\C(=C(C=NC)/C(=N\COCC12CCCN1C(CN1CC(Oc3cc(C(C(=O)N4CCCC4C)C(C)C)on3)C1)CC2)C(/F)=C/c1cccc2cccc(CC)c12)N1CC2CCC(C1)N2.C=O.CO.Cc1ncsc1-c1ccc(C(C)NC=O)cc1. The lowest BCUT2D eigenvalue weighted by Crippen LogP contribution is -2.58. The fourth-order valence-electron chi connectivity index (χ4n) is 13.8. The summed E-state index contributed by atoms with van der Waals surface area (Å²) in [5, 5.41) is 19.8. The minimum Gasteiger partial charge on any atom is -0.469 e. The van der Waals surface area contributed by atoms with Gasteiger partial charge in [-0.1, -0.05) is 81.4 Å². The van der Waals surface area contributed by atoms with Crippen molar-refractivity contribution in [3.8, 4) is 16.3 Å². The number of likely N-dealkylation sites (tertiary alicyclic amines) is 3. The topological polar surface area (TPSA) is 203 Å². The van der Waals surface area contributed by atoms with Crippen molar-refractivity contribution in [2.45, 2.75) is 147 Å². The number of aliphatic imine (C=N–C) groups is 3. The Morgan fingerprint density at radius 1 is 1.00 bits per heavy atom. The van der Waals surface area contributed by atoms with Gasteiger partial charge in [0, 0.05) is 95.4 Å². The van der Waals surface area contributed by atoms with E-state index in [4.69, 9.17) is 28.9 Å². The standard InChI is InChI=1S/C52H70FN9O4.C13H14N2OS.CH4O.CH2O/c1-7-36-13-8-14-37-15-9-16-38(48(36)37)24-44(53)49(43(26-54-5)50(55-6)60-27-39-17-18-40(28-60)57-39)56-33-64-32-52-20-11-23-62(52)41(19-21-52)29-59-30-42(31-59)65-46-25-45(66-58-46)47(34(2)3)51(63)61-22-10-12-35(61)4;1-9(14-7-16)11-3-5-12(6-4-11)13-10(2)15-8-17-13;2*1-2/h8-9,13-16,24-26,34-35,39-42,47,57H,6-7,10-12,17-23,27-33H2,1-5H3;3-9H,1-2H3,(H,14,16);2H,1H3;1H2/b44-24-,50-43+,54-26?,56-49+;;;. The predicted octanol–water partition coefficient (Wildman–Crippen LogP) is 10.0. The Hall–Kier alpha value is -6.81. The number of amides is 2. The number of halogens is 1. The summed E-state index contributed by atoms with van der Waals surface area (Å²) >= 11 is 1.64. The molecule has 7 atom stereocenters. The number of thiazole rings is 1. The van der Waals surface area contributed by atoms with Crippen molar-refractivity contribution in [1.82, 2.24) is 40.4 Å². The molecule has 18 nitrogen and oxygen atoms in total. The first kappa shape index (κ1) is 66.1. The highest BCUT2D eigenvalue weighted by Crippen LogP contribution is 2.44. The van der Waals surface area contributed by atoms with E-state index in [1.165, 1.54) is 16.0 Å². The molecule has 3 aromatic carbocycles. The maximum atomic E-state index is 17.2. The molecule has 0 spiro atoms. The number of ether oxygens (including phenoxy) is 2. The van der Waals surface area contributed by atoms with E-state index >= 15 is 4.39 Å². The third-order valence-electron chi connectivity index (χ3n) is 18.0. The van der Waals surface area contributed by atoms with Crippen molar-refractivity contribution < 1.29 is 37.9 Å². The second-order valence-corrected chi connectivity index (χ2v) is 24.8. The van der Waals surface area contributed by atoms with Crippen LogP contribution in [0.3, 0.4) is 0 Å². The third kappa shape index (κ3) is 15.6. The number of hydrogen-bond acceptors (Lipinski definition) is 17. The minimum atomic E-state index is -0.462. The molecule has 3 N–H and O–H groups in total. The number of aromatic nitrogens is 2. The summed E-state index contributed by atoms with van der Waals surface area (Å²) in [4.78, 5) is 60.6. The number of nitrogens with one attached hydrogen (secondary N) is 2. The molecule has 6 fully saturated rings. The molecule has 6 aliphatic heterocycles. The first-order chi connectivity index (χ1) is 42.3. The zero-order chi connectivity index (χ0) is 62.2. The van der Waals surface area contributed by atoms with E-state index in [2.05, 4.69) is 116 Å². The summed E-state index contributed by atoms with van der Waals surface area (Å²) in [6.07, 6.45) is 13.5. The summed E-state index contributed by atoms with van der Waals surface area (Å²) in [5.74, 6) is 1.01. The molecule has 11 rings (SSSR count). The van der Waals surface area contributed by atoms with Gasteiger partial charge in [-0.05, 0) is 142 Å². The summed E-state index contributed by atoms with van der Waals surface area (Å²) in [6.45, 7) is 24.8. The number of nitrogens with zero attached hydrogens (tertiary/aromatic N) is 9.